The van der Waals surface area contributed by atoms with Crippen molar-refractivity contribution in [2.45, 2.75) is 12.6 Å². The van der Waals surface area contributed by atoms with E-state index in [1.165, 1.54) is 6.26 Å². The normalized spacial score (nSPS) is 11.3. The fourth-order valence-corrected chi connectivity index (χ4v) is 1.67. The molecule has 0 saturated carbocycles. The van der Waals surface area contributed by atoms with Gasteiger partial charge >= 0.3 is 6.18 Å². The molecule has 0 aliphatic carbocycles. The molecular formula is C14H12F3NO2. The van der Waals surface area contributed by atoms with Gasteiger partial charge in [0.2, 0.25) is 0 Å². The minimum Gasteiger partial charge on any atom is -0.472 e. The molecule has 20 heavy (non-hydrogen) atoms. The lowest BCUT2D eigenvalue weighted by atomic mass is 10.1. The lowest BCUT2D eigenvalue weighted by molar-refractivity contribution is -0.137. The van der Waals surface area contributed by atoms with Crippen LogP contribution in [0.1, 0.15) is 21.5 Å². The molecule has 1 amide bonds. The summed E-state index contributed by atoms with van der Waals surface area (Å²) in [5.74, 6) is -0.401. The summed E-state index contributed by atoms with van der Waals surface area (Å²) in [6.45, 7) is 0.388. The highest BCUT2D eigenvalue weighted by molar-refractivity contribution is 5.94. The summed E-state index contributed by atoms with van der Waals surface area (Å²) >= 11 is 0. The van der Waals surface area contributed by atoms with Gasteiger partial charge in [-0.05, 0) is 42.3 Å². The van der Waals surface area contributed by atoms with E-state index in [0.29, 0.717) is 13.0 Å². The summed E-state index contributed by atoms with van der Waals surface area (Å²) in [6.07, 6.45) is -0.684. The number of carbonyl (C=O) groups excluding carboxylic acids is 1. The van der Waals surface area contributed by atoms with Crippen molar-refractivity contribution in [3.8, 4) is 0 Å². The zero-order valence-electron chi connectivity index (χ0n) is 10.4. The van der Waals surface area contributed by atoms with Gasteiger partial charge in [-0.1, -0.05) is 0 Å². The lowest BCUT2D eigenvalue weighted by Crippen LogP contribution is -2.25. The third-order valence-corrected chi connectivity index (χ3v) is 2.75. The summed E-state index contributed by atoms with van der Waals surface area (Å²) < 4.78 is 42.0. The quantitative estimate of drug-likeness (QED) is 0.935. The number of benzene rings is 1. The van der Waals surface area contributed by atoms with Crippen LogP contribution in [0.15, 0.2) is 47.3 Å². The number of furan rings is 1. The molecule has 3 nitrogen and oxygen atoms in total. The van der Waals surface area contributed by atoms with Crippen molar-refractivity contribution in [2.24, 2.45) is 0 Å². The van der Waals surface area contributed by atoms with Crippen LogP contribution in [-0.2, 0) is 12.6 Å². The van der Waals surface area contributed by atoms with Crippen molar-refractivity contribution in [3.63, 3.8) is 0 Å². The maximum atomic E-state index is 12.4. The molecule has 0 bridgehead atoms. The lowest BCUT2D eigenvalue weighted by Gasteiger charge is -2.08. The maximum absolute atomic E-state index is 12.4. The molecule has 0 atom stereocenters. The van der Waals surface area contributed by atoms with Crippen LogP contribution in [0.3, 0.4) is 0 Å². The molecule has 1 N–H and O–H groups in total. The number of rotatable bonds is 4. The second-order valence-electron chi connectivity index (χ2n) is 4.21. The second-order valence-corrected chi connectivity index (χ2v) is 4.21. The van der Waals surface area contributed by atoms with Crippen LogP contribution in [-0.4, -0.2) is 12.5 Å². The Labute approximate surface area is 113 Å². The number of hydrogen-bond acceptors (Lipinski definition) is 2. The maximum Gasteiger partial charge on any atom is 0.416 e. The molecular weight excluding hydrogens is 271 g/mol. The van der Waals surface area contributed by atoms with E-state index < -0.39 is 17.6 Å². The van der Waals surface area contributed by atoms with Crippen molar-refractivity contribution >= 4 is 5.91 Å². The van der Waals surface area contributed by atoms with Gasteiger partial charge in [-0.3, -0.25) is 4.79 Å². The molecule has 1 aromatic carbocycles. The second kappa shape index (κ2) is 5.81. The fraction of sp³-hybridized carbons (Fsp3) is 0.214. The summed E-state index contributed by atoms with van der Waals surface area (Å²) in [5, 5.41) is 2.63. The van der Waals surface area contributed by atoms with Crippen LogP contribution < -0.4 is 5.32 Å². The topological polar surface area (TPSA) is 42.2 Å². The van der Waals surface area contributed by atoms with Gasteiger partial charge in [0.05, 0.1) is 18.1 Å². The van der Waals surface area contributed by atoms with Crippen LogP contribution in [0.4, 0.5) is 13.2 Å². The summed E-state index contributed by atoms with van der Waals surface area (Å²) in [4.78, 5) is 11.7. The van der Waals surface area contributed by atoms with Crippen molar-refractivity contribution in [1.29, 1.82) is 0 Å². The van der Waals surface area contributed by atoms with Crippen LogP contribution >= 0.6 is 0 Å². The molecule has 0 saturated heterocycles. The van der Waals surface area contributed by atoms with Gasteiger partial charge in [-0.25, -0.2) is 0 Å². The predicted octanol–water partition coefficient (Wildman–Crippen LogP) is 3.27. The fourth-order valence-electron chi connectivity index (χ4n) is 1.67. The number of nitrogens with one attached hydrogen (secondary N) is 1. The Bertz CT molecular complexity index is 559. The van der Waals surface area contributed by atoms with E-state index in [1.54, 1.807) is 12.3 Å². The summed E-state index contributed by atoms with van der Waals surface area (Å²) in [7, 11) is 0. The molecule has 2 rings (SSSR count). The highest BCUT2D eigenvalue weighted by Gasteiger charge is 2.30. The van der Waals surface area contributed by atoms with Crippen LogP contribution in [0.2, 0.25) is 0 Å². The number of carbonyl (C=O) groups is 1. The van der Waals surface area contributed by atoms with Crippen molar-refractivity contribution in [2.75, 3.05) is 6.54 Å². The minimum atomic E-state index is -4.39. The number of hydrogen-bond donors (Lipinski definition) is 1. The first-order valence-corrected chi connectivity index (χ1v) is 5.93. The molecule has 0 radical (unpaired) electrons. The van der Waals surface area contributed by atoms with Gasteiger partial charge in [0.15, 0.2) is 0 Å². The van der Waals surface area contributed by atoms with E-state index in [4.69, 9.17) is 4.42 Å². The Morgan fingerprint density at radius 2 is 1.85 bits per heavy atom. The van der Waals surface area contributed by atoms with Gasteiger partial charge < -0.3 is 9.73 Å². The number of halogens is 3. The zero-order chi connectivity index (χ0) is 14.6. The number of amides is 1. The SMILES string of the molecule is O=C(NCCc1ccoc1)c1ccc(C(F)(F)F)cc1. The summed E-state index contributed by atoms with van der Waals surface area (Å²) in [5.41, 5.74) is 0.371. The first-order valence-electron chi connectivity index (χ1n) is 5.93. The Morgan fingerprint density at radius 3 is 2.40 bits per heavy atom. The zero-order valence-corrected chi connectivity index (χ0v) is 10.4. The van der Waals surface area contributed by atoms with E-state index in [9.17, 15) is 18.0 Å². The average molecular weight is 283 g/mol. The van der Waals surface area contributed by atoms with Gasteiger partial charge in [-0.15, -0.1) is 0 Å². The third-order valence-electron chi connectivity index (χ3n) is 2.75. The van der Waals surface area contributed by atoms with Crippen LogP contribution in [0.25, 0.3) is 0 Å². The van der Waals surface area contributed by atoms with Gasteiger partial charge in [0.1, 0.15) is 0 Å². The predicted molar refractivity (Wildman–Crippen MR) is 66.2 cm³/mol. The van der Waals surface area contributed by atoms with Crippen molar-refractivity contribution < 1.29 is 22.4 Å². The molecule has 2 aromatic rings. The van der Waals surface area contributed by atoms with E-state index in [0.717, 1.165) is 29.8 Å². The van der Waals surface area contributed by atoms with Crippen molar-refractivity contribution in [3.05, 3.63) is 59.5 Å². The van der Waals surface area contributed by atoms with Gasteiger partial charge in [-0.2, -0.15) is 13.2 Å². The molecule has 1 aromatic heterocycles. The molecule has 0 aliphatic rings. The Hall–Kier alpha value is -2.24. The first kappa shape index (κ1) is 14.2. The highest BCUT2D eigenvalue weighted by Crippen LogP contribution is 2.28. The average Bonchev–Trinajstić information content (AvgIpc) is 2.91. The third kappa shape index (κ3) is 3.63. The Kier molecular flexibility index (Phi) is 4.12. The van der Waals surface area contributed by atoms with Crippen LogP contribution in [0, 0.1) is 0 Å². The smallest absolute Gasteiger partial charge is 0.416 e. The molecule has 106 valence electrons. The summed E-state index contributed by atoms with van der Waals surface area (Å²) in [6, 6.07) is 5.90. The Balaban J connectivity index is 1.89. The first-order chi connectivity index (χ1) is 9.47. The molecule has 0 fully saturated rings. The molecule has 1 heterocycles. The number of alkyl halides is 3. The molecule has 0 aliphatic heterocycles. The minimum absolute atomic E-state index is 0.199. The largest absolute Gasteiger partial charge is 0.472 e. The molecule has 0 spiro atoms. The molecule has 6 heteroatoms. The standard InChI is InChI=1S/C14H12F3NO2/c15-14(16,17)12-3-1-11(2-4-12)13(19)18-7-5-10-6-8-20-9-10/h1-4,6,8-9H,5,7H2,(H,18,19). The van der Waals surface area contributed by atoms with E-state index >= 15 is 0 Å². The highest BCUT2D eigenvalue weighted by atomic mass is 19.4. The Morgan fingerprint density at radius 1 is 1.15 bits per heavy atom. The van der Waals surface area contributed by atoms with Gasteiger partial charge in [0.25, 0.3) is 5.91 Å². The van der Waals surface area contributed by atoms with Gasteiger partial charge in [0, 0.05) is 12.1 Å². The van der Waals surface area contributed by atoms with Crippen molar-refractivity contribution in [1.82, 2.24) is 5.32 Å². The van der Waals surface area contributed by atoms with E-state index in [-0.39, 0.29) is 5.56 Å². The molecule has 0 unspecified atom stereocenters. The van der Waals surface area contributed by atoms with E-state index in [1.807, 2.05) is 0 Å². The van der Waals surface area contributed by atoms with Crippen LogP contribution in [0.5, 0.6) is 0 Å². The van der Waals surface area contributed by atoms with E-state index in [2.05, 4.69) is 5.32 Å². The monoisotopic (exact) mass is 283 g/mol.